The summed E-state index contributed by atoms with van der Waals surface area (Å²) < 4.78 is 5.34. The van der Waals surface area contributed by atoms with Crippen LogP contribution in [0, 0.1) is 26.2 Å². The maximum Gasteiger partial charge on any atom is 0.258 e. The number of hydrogen-bond donors (Lipinski definition) is 1. The first kappa shape index (κ1) is 13.4. The Morgan fingerprint density at radius 2 is 2.06 bits per heavy atom. The number of amides is 1. The van der Waals surface area contributed by atoms with Crippen LogP contribution < -0.4 is 10.1 Å². The number of nitrogens with one attached hydrogen (secondary N) is 1. The summed E-state index contributed by atoms with van der Waals surface area (Å²) in [4.78, 5) is 11.3. The number of hydrogen-bond acceptors (Lipinski definition) is 2. The van der Waals surface area contributed by atoms with Gasteiger partial charge in [0.05, 0.1) is 6.54 Å². The van der Waals surface area contributed by atoms with Crippen LogP contribution in [0.2, 0.25) is 5.02 Å². The van der Waals surface area contributed by atoms with Crippen molar-refractivity contribution < 1.29 is 9.53 Å². The van der Waals surface area contributed by atoms with Gasteiger partial charge in [-0.3, -0.25) is 4.79 Å². The van der Waals surface area contributed by atoms with E-state index in [4.69, 9.17) is 22.8 Å². The van der Waals surface area contributed by atoms with E-state index < -0.39 is 0 Å². The molecule has 0 unspecified atom stereocenters. The highest BCUT2D eigenvalue weighted by Crippen LogP contribution is 2.25. The molecule has 0 aliphatic carbocycles. The molecule has 0 spiro atoms. The lowest BCUT2D eigenvalue weighted by atomic mass is 10.1. The molecule has 0 heterocycles. The van der Waals surface area contributed by atoms with Crippen molar-refractivity contribution in [3.63, 3.8) is 0 Å². The van der Waals surface area contributed by atoms with E-state index >= 15 is 0 Å². The van der Waals surface area contributed by atoms with E-state index in [2.05, 4.69) is 11.2 Å². The van der Waals surface area contributed by atoms with Gasteiger partial charge in [0.25, 0.3) is 5.91 Å². The lowest BCUT2D eigenvalue weighted by Gasteiger charge is -2.09. The molecule has 1 aromatic carbocycles. The summed E-state index contributed by atoms with van der Waals surface area (Å²) in [7, 11) is 0. The van der Waals surface area contributed by atoms with E-state index in [9.17, 15) is 4.79 Å². The van der Waals surface area contributed by atoms with E-state index in [0.29, 0.717) is 10.8 Å². The molecule has 0 aliphatic heterocycles. The molecule has 1 aromatic rings. The maximum atomic E-state index is 11.3. The quantitative estimate of drug-likeness (QED) is 0.833. The summed E-state index contributed by atoms with van der Waals surface area (Å²) >= 11 is 6.02. The second-order valence-corrected chi connectivity index (χ2v) is 4.02. The average molecular weight is 252 g/mol. The maximum absolute atomic E-state index is 11.3. The predicted octanol–water partition coefficient (Wildman–Crippen LogP) is 2.09. The molecule has 90 valence electrons. The fraction of sp³-hybridized carbons (Fsp3) is 0.308. The van der Waals surface area contributed by atoms with Gasteiger partial charge in [-0.05, 0) is 37.1 Å². The van der Waals surface area contributed by atoms with Crippen LogP contribution >= 0.6 is 11.6 Å². The summed E-state index contributed by atoms with van der Waals surface area (Å²) in [5.74, 6) is 2.70. The standard InChI is InChI=1S/C13H14ClNO2/c1-4-5-15-12(16)8-17-11-6-9(2)13(14)10(3)7-11/h1,6-7H,5,8H2,2-3H3,(H,15,16). The molecule has 0 radical (unpaired) electrons. The molecule has 0 saturated heterocycles. The van der Waals surface area contributed by atoms with Crippen molar-refractivity contribution >= 4 is 17.5 Å². The van der Waals surface area contributed by atoms with Gasteiger partial charge in [-0.2, -0.15) is 0 Å². The average Bonchev–Trinajstić information content (AvgIpc) is 2.30. The van der Waals surface area contributed by atoms with Crippen LogP contribution in [0.5, 0.6) is 5.75 Å². The third-order valence-electron chi connectivity index (χ3n) is 2.17. The number of carbonyl (C=O) groups excluding carboxylic acids is 1. The highest BCUT2D eigenvalue weighted by molar-refractivity contribution is 6.32. The molecule has 0 atom stereocenters. The molecule has 0 bridgehead atoms. The Labute approximate surface area is 106 Å². The highest BCUT2D eigenvalue weighted by atomic mass is 35.5. The molecule has 0 saturated carbocycles. The van der Waals surface area contributed by atoms with Gasteiger partial charge < -0.3 is 10.1 Å². The molecule has 0 aromatic heterocycles. The van der Waals surface area contributed by atoms with Crippen LogP contribution in [0.25, 0.3) is 0 Å². The lowest BCUT2D eigenvalue weighted by Crippen LogP contribution is -2.29. The van der Waals surface area contributed by atoms with Crippen LogP contribution in [0.4, 0.5) is 0 Å². The van der Waals surface area contributed by atoms with Gasteiger partial charge in [0.2, 0.25) is 0 Å². The molecular formula is C13H14ClNO2. The number of carbonyl (C=O) groups is 1. The Hall–Kier alpha value is -1.66. The molecule has 3 nitrogen and oxygen atoms in total. The fourth-order valence-electron chi connectivity index (χ4n) is 1.34. The minimum absolute atomic E-state index is 0.0534. The molecule has 4 heteroatoms. The SMILES string of the molecule is C#CCNC(=O)COc1cc(C)c(Cl)c(C)c1. The molecular weight excluding hydrogens is 238 g/mol. The van der Waals surface area contributed by atoms with E-state index in [-0.39, 0.29) is 19.1 Å². The summed E-state index contributed by atoms with van der Waals surface area (Å²) in [6, 6.07) is 3.59. The Kier molecular flexibility index (Phi) is 4.86. The van der Waals surface area contributed by atoms with Crippen LogP contribution in [0.15, 0.2) is 12.1 Å². The minimum atomic E-state index is -0.242. The third-order valence-corrected chi connectivity index (χ3v) is 2.76. The van der Waals surface area contributed by atoms with E-state index in [0.717, 1.165) is 11.1 Å². The van der Waals surface area contributed by atoms with Crippen LogP contribution in [-0.4, -0.2) is 19.1 Å². The van der Waals surface area contributed by atoms with Gasteiger partial charge in [0, 0.05) is 5.02 Å². The van der Waals surface area contributed by atoms with Crippen LogP contribution in [0.3, 0.4) is 0 Å². The Bertz CT molecular complexity index is 440. The normalized spacial score (nSPS) is 9.53. The topological polar surface area (TPSA) is 38.3 Å². The summed E-state index contributed by atoms with van der Waals surface area (Å²) in [6.45, 7) is 3.93. The van der Waals surface area contributed by atoms with Crippen molar-refractivity contribution in [1.82, 2.24) is 5.32 Å². The second kappa shape index (κ2) is 6.17. The van der Waals surface area contributed by atoms with Crippen LogP contribution in [-0.2, 0) is 4.79 Å². The van der Waals surface area contributed by atoms with Gasteiger partial charge in [0.15, 0.2) is 6.61 Å². The predicted molar refractivity (Wildman–Crippen MR) is 68.3 cm³/mol. The first-order valence-electron chi connectivity index (χ1n) is 5.14. The number of aryl methyl sites for hydroxylation is 2. The molecule has 0 fully saturated rings. The molecule has 17 heavy (non-hydrogen) atoms. The van der Waals surface area contributed by atoms with E-state index in [1.807, 2.05) is 13.8 Å². The Morgan fingerprint density at radius 1 is 1.47 bits per heavy atom. The van der Waals surface area contributed by atoms with Gasteiger partial charge in [-0.1, -0.05) is 17.5 Å². The van der Waals surface area contributed by atoms with Gasteiger partial charge in [0.1, 0.15) is 5.75 Å². The molecule has 1 amide bonds. The number of halogens is 1. The molecule has 1 rings (SSSR count). The lowest BCUT2D eigenvalue weighted by molar-refractivity contribution is -0.122. The van der Waals surface area contributed by atoms with Gasteiger partial charge in [-0.25, -0.2) is 0 Å². The number of ether oxygens (including phenoxy) is 1. The van der Waals surface area contributed by atoms with Crippen LogP contribution in [0.1, 0.15) is 11.1 Å². The number of rotatable bonds is 4. The number of terminal acetylenes is 1. The third kappa shape index (κ3) is 4.01. The van der Waals surface area contributed by atoms with Gasteiger partial charge >= 0.3 is 0 Å². The summed E-state index contributed by atoms with van der Waals surface area (Å²) in [5, 5.41) is 3.23. The van der Waals surface area contributed by atoms with Gasteiger partial charge in [-0.15, -0.1) is 6.42 Å². The molecule has 0 aliphatic rings. The van der Waals surface area contributed by atoms with Crippen molar-refractivity contribution in [3.8, 4) is 18.1 Å². The first-order valence-corrected chi connectivity index (χ1v) is 5.52. The smallest absolute Gasteiger partial charge is 0.258 e. The first-order chi connectivity index (χ1) is 8.04. The monoisotopic (exact) mass is 251 g/mol. The zero-order chi connectivity index (χ0) is 12.8. The van der Waals surface area contributed by atoms with Crippen molar-refractivity contribution in [1.29, 1.82) is 0 Å². The minimum Gasteiger partial charge on any atom is -0.484 e. The van der Waals surface area contributed by atoms with Crippen molar-refractivity contribution in [2.75, 3.05) is 13.2 Å². The zero-order valence-corrected chi connectivity index (χ0v) is 10.6. The van der Waals surface area contributed by atoms with E-state index in [1.54, 1.807) is 12.1 Å². The Balaban J connectivity index is 2.59. The van der Waals surface area contributed by atoms with Crippen molar-refractivity contribution in [2.24, 2.45) is 0 Å². The Morgan fingerprint density at radius 3 is 2.59 bits per heavy atom. The largest absolute Gasteiger partial charge is 0.484 e. The number of benzene rings is 1. The summed E-state index contributed by atoms with van der Waals surface area (Å²) in [5.41, 5.74) is 1.84. The van der Waals surface area contributed by atoms with Crippen molar-refractivity contribution in [2.45, 2.75) is 13.8 Å². The van der Waals surface area contributed by atoms with Crippen molar-refractivity contribution in [3.05, 3.63) is 28.3 Å². The van der Waals surface area contributed by atoms with E-state index in [1.165, 1.54) is 0 Å². The second-order valence-electron chi connectivity index (χ2n) is 3.64. The fourth-order valence-corrected chi connectivity index (χ4v) is 1.45. The zero-order valence-electron chi connectivity index (χ0n) is 9.84. The highest BCUT2D eigenvalue weighted by Gasteiger charge is 2.05. The summed E-state index contributed by atoms with van der Waals surface area (Å²) in [6.07, 6.45) is 5.02. The molecule has 1 N–H and O–H groups in total.